The van der Waals surface area contributed by atoms with E-state index in [9.17, 15) is 9.59 Å². The lowest BCUT2D eigenvalue weighted by atomic mass is 10.0. The fourth-order valence-electron chi connectivity index (χ4n) is 3.25. The fourth-order valence-corrected chi connectivity index (χ4v) is 3.52. The zero-order valence-electron chi connectivity index (χ0n) is 15.9. The number of carbonyl (C=O) groups excluding carboxylic acids is 2. The summed E-state index contributed by atoms with van der Waals surface area (Å²) in [5.74, 6) is 0.656. The molecule has 1 aliphatic heterocycles. The molecule has 7 nitrogen and oxygen atoms in total. The summed E-state index contributed by atoms with van der Waals surface area (Å²) in [5, 5.41) is 3.82. The Balaban J connectivity index is 0.00000280. The number of rotatable bonds is 8. The maximum absolute atomic E-state index is 12.9. The Morgan fingerprint density at radius 3 is 2.50 bits per heavy atom. The second kappa shape index (κ2) is 10.2. The van der Waals surface area contributed by atoms with E-state index in [2.05, 4.69) is 5.32 Å². The monoisotopic (exact) mass is 431 g/mol. The Kier molecular flexibility index (Phi) is 8.22. The first kappa shape index (κ1) is 22.6. The van der Waals surface area contributed by atoms with Crippen molar-refractivity contribution in [3.8, 4) is 11.5 Å². The number of nitrogens with one attached hydrogen (secondary N) is 1. The molecule has 1 aromatic carbocycles. The number of ether oxygens (including phenoxy) is 2. The van der Waals surface area contributed by atoms with Crippen molar-refractivity contribution >= 4 is 35.8 Å². The molecule has 0 bridgehead atoms. The number of amides is 2. The van der Waals surface area contributed by atoms with Gasteiger partial charge in [-0.05, 0) is 50.3 Å². The van der Waals surface area contributed by atoms with E-state index in [1.165, 1.54) is 20.0 Å². The van der Waals surface area contributed by atoms with Crippen LogP contribution in [-0.2, 0) is 4.79 Å². The minimum Gasteiger partial charge on any atom is -0.493 e. The van der Waals surface area contributed by atoms with Crippen molar-refractivity contribution in [3.63, 3.8) is 0 Å². The highest BCUT2D eigenvalue weighted by atomic mass is 35.5. The molecule has 2 fully saturated rings. The van der Waals surface area contributed by atoms with Gasteiger partial charge in [0.05, 0.1) is 12.1 Å². The van der Waals surface area contributed by atoms with E-state index in [1.54, 1.807) is 12.1 Å². The molecule has 1 heterocycles. The second-order valence-electron chi connectivity index (χ2n) is 7.16. The molecule has 1 aromatic rings. The number of benzene rings is 1. The highest BCUT2D eigenvalue weighted by Crippen LogP contribution is 2.37. The van der Waals surface area contributed by atoms with Gasteiger partial charge in [-0.25, -0.2) is 0 Å². The molecule has 28 heavy (non-hydrogen) atoms. The van der Waals surface area contributed by atoms with Gasteiger partial charge in [0.15, 0.2) is 18.1 Å². The second-order valence-corrected chi connectivity index (χ2v) is 7.57. The van der Waals surface area contributed by atoms with Gasteiger partial charge >= 0.3 is 0 Å². The highest BCUT2D eigenvalue weighted by molar-refractivity contribution is 6.32. The van der Waals surface area contributed by atoms with E-state index >= 15 is 0 Å². The number of methoxy groups -OCH3 is 1. The average Bonchev–Trinajstić information content (AvgIpc) is 3.49. The van der Waals surface area contributed by atoms with Crippen LogP contribution in [0.15, 0.2) is 12.1 Å². The number of likely N-dealkylation sites (tertiary alicyclic amines) is 1. The third-order valence-electron chi connectivity index (χ3n) is 5.01. The van der Waals surface area contributed by atoms with Crippen molar-refractivity contribution in [2.45, 2.75) is 31.7 Å². The summed E-state index contributed by atoms with van der Waals surface area (Å²) in [4.78, 5) is 25.6. The van der Waals surface area contributed by atoms with Crippen LogP contribution in [0, 0.1) is 5.92 Å². The number of nitrogens with two attached hydrogens (primary N) is 1. The Bertz CT molecular complexity index is 705. The normalized spacial score (nSPS) is 17.0. The molecule has 1 saturated heterocycles. The van der Waals surface area contributed by atoms with Crippen LogP contribution in [0.3, 0.4) is 0 Å². The number of piperidine rings is 1. The van der Waals surface area contributed by atoms with Crippen molar-refractivity contribution in [2.75, 3.05) is 33.4 Å². The molecular formula is C19H27Cl2N3O4. The van der Waals surface area contributed by atoms with Gasteiger partial charge in [0.25, 0.3) is 11.8 Å². The lowest BCUT2D eigenvalue weighted by molar-refractivity contribution is -0.119. The first-order valence-corrected chi connectivity index (χ1v) is 9.67. The van der Waals surface area contributed by atoms with Crippen molar-refractivity contribution in [3.05, 3.63) is 22.7 Å². The predicted molar refractivity (Wildman–Crippen MR) is 110 cm³/mol. The maximum Gasteiger partial charge on any atom is 0.255 e. The van der Waals surface area contributed by atoms with Crippen LogP contribution in [0.5, 0.6) is 11.5 Å². The van der Waals surface area contributed by atoms with Crippen LogP contribution in [0.1, 0.15) is 36.0 Å². The summed E-state index contributed by atoms with van der Waals surface area (Å²) in [7, 11) is 1.45. The highest BCUT2D eigenvalue weighted by Gasteiger charge is 2.27. The minimum atomic E-state index is -0.619. The predicted octanol–water partition coefficient (Wildman–Crippen LogP) is 2.24. The van der Waals surface area contributed by atoms with Crippen LogP contribution < -0.4 is 20.5 Å². The zero-order chi connectivity index (χ0) is 19.4. The molecule has 2 amide bonds. The molecule has 3 rings (SSSR count). The maximum atomic E-state index is 12.9. The van der Waals surface area contributed by atoms with Crippen LogP contribution in [0.2, 0.25) is 5.02 Å². The fraction of sp³-hybridized carbons (Fsp3) is 0.579. The van der Waals surface area contributed by atoms with Crippen molar-refractivity contribution in [1.82, 2.24) is 10.2 Å². The first-order valence-electron chi connectivity index (χ1n) is 9.29. The lowest BCUT2D eigenvalue weighted by Gasteiger charge is -2.32. The summed E-state index contributed by atoms with van der Waals surface area (Å²) in [6.07, 6.45) is 4.57. The van der Waals surface area contributed by atoms with E-state index in [0.717, 1.165) is 25.3 Å². The van der Waals surface area contributed by atoms with Gasteiger partial charge in [0.2, 0.25) is 0 Å². The van der Waals surface area contributed by atoms with Crippen LogP contribution in [-0.4, -0.2) is 56.1 Å². The van der Waals surface area contributed by atoms with E-state index in [-0.39, 0.29) is 35.7 Å². The van der Waals surface area contributed by atoms with E-state index < -0.39 is 5.91 Å². The zero-order valence-corrected chi connectivity index (χ0v) is 17.5. The van der Waals surface area contributed by atoms with Gasteiger partial charge in [-0.3, -0.25) is 9.59 Å². The molecule has 9 heteroatoms. The Morgan fingerprint density at radius 2 is 1.93 bits per heavy atom. The van der Waals surface area contributed by atoms with Gasteiger partial charge in [-0.2, -0.15) is 0 Å². The third kappa shape index (κ3) is 5.90. The van der Waals surface area contributed by atoms with Gasteiger partial charge in [0, 0.05) is 24.7 Å². The summed E-state index contributed by atoms with van der Waals surface area (Å²) in [5.41, 5.74) is 5.53. The summed E-state index contributed by atoms with van der Waals surface area (Å²) in [6.45, 7) is 2.20. The Morgan fingerprint density at radius 1 is 1.25 bits per heavy atom. The van der Waals surface area contributed by atoms with Gasteiger partial charge < -0.3 is 25.4 Å². The van der Waals surface area contributed by atoms with Crippen LogP contribution in [0.4, 0.5) is 0 Å². The van der Waals surface area contributed by atoms with Crippen LogP contribution in [0.25, 0.3) is 0 Å². The molecule has 0 spiro atoms. The number of primary amides is 1. The standard InChI is InChI=1S/C19H26ClN3O4.ClH/c1-26-16-9-13(8-15(20)18(16)27-11-17(21)24)19(25)23-6-4-14(5-7-23)22-10-12-2-3-12;/h8-9,12,14,22H,2-7,10-11H2,1H3,(H2,21,24);1H. The molecule has 0 aromatic heterocycles. The molecule has 0 atom stereocenters. The smallest absolute Gasteiger partial charge is 0.255 e. The molecule has 1 aliphatic carbocycles. The Labute approximate surface area is 176 Å². The lowest BCUT2D eigenvalue weighted by Crippen LogP contribution is -2.45. The molecule has 0 unspecified atom stereocenters. The van der Waals surface area contributed by atoms with Crippen molar-refractivity contribution < 1.29 is 19.1 Å². The average molecular weight is 432 g/mol. The van der Waals surface area contributed by atoms with Crippen molar-refractivity contribution in [2.24, 2.45) is 11.7 Å². The van der Waals surface area contributed by atoms with E-state index in [1.807, 2.05) is 4.90 Å². The largest absolute Gasteiger partial charge is 0.493 e. The molecule has 156 valence electrons. The molecule has 0 radical (unpaired) electrons. The third-order valence-corrected chi connectivity index (χ3v) is 5.29. The summed E-state index contributed by atoms with van der Waals surface area (Å²) < 4.78 is 10.6. The quantitative estimate of drug-likeness (QED) is 0.657. The van der Waals surface area contributed by atoms with Gasteiger partial charge in [-0.1, -0.05) is 11.6 Å². The number of hydrogen-bond donors (Lipinski definition) is 2. The van der Waals surface area contributed by atoms with Crippen LogP contribution >= 0.6 is 24.0 Å². The number of nitrogens with zero attached hydrogens (tertiary/aromatic N) is 1. The number of halogens is 2. The van der Waals surface area contributed by atoms with E-state index in [0.29, 0.717) is 30.4 Å². The van der Waals surface area contributed by atoms with Gasteiger partial charge in [0.1, 0.15) is 0 Å². The van der Waals surface area contributed by atoms with E-state index in [4.69, 9.17) is 26.8 Å². The number of hydrogen-bond acceptors (Lipinski definition) is 5. The number of carbonyl (C=O) groups is 2. The summed E-state index contributed by atoms with van der Waals surface area (Å²) >= 11 is 6.24. The minimum absolute atomic E-state index is 0. The Hall–Kier alpha value is -1.70. The SMILES string of the molecule is COc1cc(C(=O)N2CCC(NCC3CC3)CC2)cc(Cl)c1OCC(N)=O.Cl. The van der Waals surface area contributed by atoms with Crippen molar-refractivity contribution in [1.29, 1.82) is 0 Å². The molecular weight excluding hydrogens is 405 g/mol. The topological polar surface area (TPSA) is 93.9 Å². The first-order chi connectivity index (χ1) is 13.0. The molecule has 2 aliphatic rings. The molecule has 1 saturated carbocycles. The van der Waals surface area contributed by atoms with Gasteiger partial charge in [-0.15, -0.1) is 12.4 Å². The summed E-state index contributed by atoms with van der Waals surface area (Å²) in [6, 6.07) is 3.61. The molecule has 3 N–H and O–H groups in total.